The quantitative estimate of drug-likeness (QED) is 0.231. The second-order valence-corrected chi connectivity index (χ2v) is 9.57. The summed E-state index contributed by atoms with van der Waals surface area (Å²) in [6.45, 7) is 6.38. The summed E-state index contributed by atoms with van der Waals surface area (Å²) in [6, 6.07) is 19.3. The Bertz CT molecular complexity index is 1320. The highest BCUT2D eigenvalue weighted by molar-refractivity contribution is 6.39. The molecule has 3 nitrogen and oxygen atoms in total. The van der Waals surface area contributed by atoms with Gasteiger partial charge in [0.25, 0.3) is 0 Å². The Labute approximate surface area is 214 Å². The zero-order valence-corrected chi connectivity index (χ0v) is 21.4. The Morgan fingerprint density at radius 3 is 2.32 bits per heavy atom. The van der Waals surface area contributed by atoms with Gasteiger partial charge in [-0.25, -0.2) is 0 Å². The minimum Gasteiger partial charge on any atom is -0.489 e. The van der Waals surface area contributed by atoms with E-state index in [4.69, 9.17) is 44.1 Å². The van der Waals surface area contributed by atoms with Gasteiger partial charge in [0.05, 0.1) is 20.6 Å². The molecule has 1 heterocycles. The minimum atomic E-state index is 0.110. The number of hydrogen-bond acceptors (Lipinski definition) is 3. The molecule has 0 spiro atoms. The standard InChI is InChI=1S/C28H24Cl3NO2/c1-17(2)28-22(27(32-34-28)26-23(29)8-5-9-24(26)30)16-33-21-13-12-20(25(31)15-21)11-10-19-7-4-6-18(3)14-19/h4-15,17H,16H2,1-3H3/b11-10+. The van der Waals surface area contributed by atoms with E-state index in [0.29, 0.717) is 32.1 Å². The summed E-state index contributed by atoms with van der Waals surface area (Å²) in [5, 5.41) is 5.89. The molecule has 0 bridgehead atoms. The molecule has 174 valence electrons. The van der Waals surface area contributed by atoms with E-state index in [0.717, 1.165) is 22.5 Å². The van der Waals surface area contributed by atoms with Crippen LogP contribution in [-0.2, 0) is 6.61 Å². The first-order valence-electron chi connectivity index (χ1n) is 10.9. The van der Waals surface area contributed by atoms with E-state index in [1.54, 1.807) is 18.2 Å². The Balaban J connectivity index is 1.57. The highest BCUT2D eigenvalue weighted by atomic mass is 35.5. The average Bonchev–Trinajstić information content (AvgIpc) is 3.21. The van der Waals surface area contributed by atoms with Gasteiger partial charge in [-0.3, -0.25) is 0 Å². The fraction of sp³-hybridized carbons (Fsp3) is 0.179. The van der Waals surface area contributed by atoms with Crippen LogP contribution in [-0.4, -0.2) is 5.16 Å². The predicted molar refractivity (Wildman–Crippen MR) is 142 cm³/mol. The van der Waals surface area contributed by atoms with Crippen LogP contribution in [0.3, 0.4) is 0 Å². The zero-order valence-electron chi connectivity index (χ0n) is 19.1. The average molecular weight is 513 g/mol. The van der Waals surface area contributed by atoms with Crippen molar-refractivity contribution >= 4 is 47.0 Å². The fourth-order valence-electron chi connectivity index (χ4n) is 3.68. The van der Waals surface area contributed by atoms with Crippen molar-refractivity contribution in [3.8, 4) is 17.0 Å². The number of ether oxygens (including phenoxy) is 1. The molecule has 4 aromatic rings. The summed E-state index contributed by atoms with van der Waals surface area (Å²) in [5.74, 6) is 1.48. The van der Waals surface area contributed by atoms with Gasteiger partial charge < -0.3 is 9.26 Å². The fourth-order valence-corrected chi connectivity index (χ4v) is 4.49. The highest BCUT2D eigenvalue weighted by Crippen LogP contribution is 2.39. The zero-order chi connectivity index (χ0) is 24.2. The molecule has 0 N–H and O–H groups in total. The summed E-state index contributed by atoms with van der Waals surface area (Å²) in [6.07, 6.45) is 4.04. The van der Waals surface area contributed by atoms with Gasteiger partial charge in [-0.15, -0.1) is 0 Å². The normalized spacial score (nSPS) is 11.5. The molecule has 1 aromatic heterocycles. The van der Waals surface area contributed by atoms with Crippen molar-refractivity contribution in [2.45, 2.75) is 33.3 Å². The Morgan fingerprint density at radius 2 is 1.65 bits per heavy atom. The van der Waals surface area contributed by atoms with E-state index >= 15 is 0 Å². The van der Waals surface area contributed by atoms with Crippen molar-refractivity contribution in [2.24, 2.45) is 0 Å². The van der Waals surface area contributed by atoms with E-state index in [-0.39, 0.29) is 12.5 Å². The number of halogens is 3. The first kappa shape index (κ1) is 24.4. The third-order valence-electron chi connectivity index (χ3n) is 5.40. The second-order valence-electron chi connectivity index (χ2n) is 8.34. The third-order valence-corrected chi connectivity index (χ3v) is 6.35. The summed E-state index contributed by atoms with van der Waals surface area (Å²) in [4.78, 5) is 0. The Hall–Kier alpha value is -2.72. The summed E-state index contributed by atoms with van der Waals surface area (Å²) < 4.78 is 11.8. The molecule has 0 radical (unpaired) electrons. The maximum absolute atomic E-state index is 6.54. The van der Waals surface area contributed by atoms with Crippen molar-refractivity contribution in [3.05, 3.63) is 104 Å². The van der Waals surface area contributed by atoms with E-state index < -0.39 is 0 Å². The molecule has 0 unspecified atom stereocenters. The maximum atomic E-state index is 6.54. The van der Waals surface area contributed by atoms with Crippen LogP contribution < -0.4 is 4.74 Å². The van der Waals surface area contributed by atoms with E-state index in [2.05, 4.69) is 30.3 Å². The van der Waals surface area contributed by atoms with Crippen molar-refractivity contribution < 1.29 is 9.26 Å². The number of rotatable bonds is 7. The van der Waals surface area contributed by atoms with Crippen LogP contribution in [0.15, 0.2) is 65.2 Å². The van der Waals surface area contributed by atoms with Gasteiger partial charge in [-0.2, -0.15) is 0 Å². The van der Waals surface area contributed by atoms with Crippen molar-refractivity contribution in [1.29, 1.82) is 0 Å². The van der Waals surface area contributed by atoms with Crippen LogP contribution in [0.25, 0.3) is 23.4 Å². The molecule has 0 atom stereocenters. The molecule has 4 rings (SSSR count). The number of nitrogens with zero attached hydrogens (tertiary/aromatic N) is 1. The van der Waals surface area contributed by atoms with Crippen LogP contribution in [0.1, 0.15) is 47.8 Å². The molecule has 0 fully saturated rings. The molecule has 0 saturated carbocycles. The summed E-state index contributed by atoms with van der Waals surface area (Å²) in [7, 11) is 0. The molecule has 6 heteroatoms. The molecule has 0 aliphatic heterocycles. The van der Waals surface area contributed by atoms with Crippen LogP contribution >= 0.6 is 34.8 Å². The first-order valence-corrected chi connectivity index (χ1v) is 12.1. The van der Waals surface area contributed by atoms with Gasteiger partial charge in [-0.1, -0.05) is 102 Å². The Kier molecular flexibility index (Phi) is 7.67. The molecule has 0 aliphatic rings. The van der Waals surface area contributed by atoms with Gasteiger partial charge in [0.1, 0.15) is 23.8 Å². The van der Waals surface area contributed by atoms with Gasteiger partial charge >= 0.3 is 0 Å². The Morgan fingerprint density at radius 1 is 0.912 bits per heavy atom. The highest BCUT2D eigenvalue weighted by Gasteiger charge is 2.23. The van der Waals surface area contributed by atoms with E-state index in [1.807, 2.05) is 50.3 Å². The minimum absolute atomic E-state index is 0.110. The van der Waals surface area contributed by atoms with Gasteiger partial charge in [-0.05, 0) is 48.4 Å². The topological polar surface area (TPSA) is 35.3 Å². The van der Waals surface area contributed by atoms with E-state index in [1.165, 1.54) is 5.56 Å². The van der Waals surface area contributed by atoms with Crippen LogP contribution in [0.2, 0.25) is 15.1 Å². The smallest absolute Gasteiger partial charge is 0.146 e. The lowest BCUT2D eigenvalue weighted by molar-refractivity contribution is 0.298. The molecular weight excluding hydrogens is 489 g/mol. The van der Waals surface area contributed by atoms with E-state index in [9.17, 15) is 0 Å². The lowest BCUT2D eigenvalue weighted by Gasteiger charge is -2.11. The van der Waals surface area contributed by atoms with Crippen LogP contribution in [0.4, 0.5) is 0 Å². The van der Waals surface area contributed by atoms with Crippen molar-refractivity contribution in [1.82, 2.24) is 5.16 Å². The molecular formula is C28H24Cl3NO2. The lowest BCUT2D eigenvalue weighted by atomic mass is 10.0. The predicted octanol–water partition coefficient (Wildman–Crippen LogP) is 9.48. The number of aryl methyl sites for hydroxylation is 1. The monoisotopic (exact) mass is 511 g/mol. The largest absolute Gasteiger partial charge is 0.489 e. The summed E-state index contributed by atoms with van der Waals surface area (Å²) >= 11 is 19.4. The lowest BCUT2D eigenvalue weighted by Crippen LogP contribution is -2.01. The number of benzene rings is 3. The number of hydrogen-bond donors (Lipinski definition) is 0. The van der Waals surface area contributed by atoms with Gasteiger partial charge in [0, 0.05) is 11.5 Å². The SMILES string of the molecule is Cc1cccc(/C=C/c2ccc(OCc3c(-c4c(Cl)cccc4Cl)noc3C(C)C)cc2Cl)c1. The van der Waals surface area contributed by atoms with Crippen LogP contribution in [0, 0.1) is 6.92 Å². The van der Waals surface area contributed by atoms with Gasteiger partial charge in [0.2, 0.25) is 0 Å². The molecule has 0 aliphatic carbocycles. The van der Waals surface area contributed by atoms with Crippen LogP contribution in [0.5, 0.6) is 5.75 Å². The molecule has 0 saturated heterocycles. The van der Waals surface area contributed by atoms with Gasteiger partial charge in [0.15, 0.2) is 0 Å². The number of aromatic nitrogens is 1. The first-order chi connectivity index (χ1) is 16.3. The third kappa shape index (κ3) is 5.50. The molecule has 3 aromatic carbocycles. The molecule has 34 heavy (non-hydrogen) atoms. The van der Waals surface area contributed by atoms with Crippen molar-refractivity contribution in [2.75, 3.05) is 0 Å². The van der Waals surface area contributed by atoms with Crippen molar-refractivity contribution in [3.63, 3.8) is 0 Å². The maximum Gasteiger partial charge on any atom is 0.146 e. The molecule has 0 amide bonds. The second kappa shape index (κ2) is 10.7. The summed E-state index contributed by atoms with van der Waals surface area (Å²) in [5.41, 5.74) is 5.27.